The van der Waals surface area contributed by atoms with Crippen LogP contribution in [0, 0.1) is 0 Å². The van der Waals surface area contributed by atoms with E-state index in [4.69, 9.17) is 4.74 Å². The van der Waals surface area contributed by atoms with Gasteiger partial charge < -0.3 is 4.74 Å². The first-order valence-electron chi connectivity index (χ1n) is 6.46. The first-order valence-corrected chi connectivity index (χ1v) is 6.46. The van der Waals surface area contributed by atoms with Crippen LogP contribution in [0.1, 0.15) is 39.2 Å². The van der Waals surface area contributed by atoms with E-state index in [-0.39, 0.29) is 5.41 Å². The van der Waals surface area contributed by atoms with Gasteiger partial charge in [-0.2, -0.15) is 0 Å². The van der Waals surface area contributed by atoms with Crippen LogP contribution in [0.5, 0.6) is 5.75 Å². The van der Waals surface area contributed by atoms with E-state index in [2.05, 4.69) is 50.4 Å². The molecule has 2 heteroatoms. The van der Waals surface area contributed by atoms with Crippen molar-refractivity contribution in [2.45, 2.75) is 45.1 Å². The fourth-order valence-corrected chi connectivity index (χ4v) is 2.07. The van der Waals surface area contributed by atoms with E-state index in [0.717, 1.165) is 31.7 Å². The molecule has 0 bridgehead atoms. The van der Waals surface area contributed by atoms with Crippen molar-refractivity contribution in [1.82, 2.24) is 5.32 Å². The van der Waals surface area contributed by atoms with Gasteiger partial charge in [0.15, 0.2) is 0 Å². The monoisotopic (exact) mass is 232 g/mol. The van der Waals surface area contributed by atoms with Crippen molar-refractivity contribution in [2.24, 2.45) is 0 Å². The summed E-state index contributed by atoms with van der Waals surface area (Å²) in [5.74, 6) is 1.00. The molecule has 1 saturated heterocycles. The van der Waals surface area contributed by atoms with Gasteiger partial charge in [-0.15, -0.1) is 0 Å². The average molecular weight is 232 g/mol. The van der Waals surface area contributed by atoms with Crippen LogP contribution in [0.15, 0.2) is 24.3 Å². The Kier molecular flexibility index (Phi) is 3.72. The van der Waals surface area contributed by atoms with E-state index >= 15 is 0 Å². The van der Waals surface area contributed by atoms with Crippen LogP contribution in [-0.4, -0.2) is 19.2 Å². The van der Waals surface area contributed by atoms with Crippen LogP contribution in [-0.2, 0) is 5.41 Å². The lowest BCUT2D eigenvalue weighted by atomic mass is 9.87. The third-order valence-corrected chi connectivity index (χ3v) is 3.22. The number of ether oxygens (including phenoxy) is 1. The number of hydrogen-bond acceptors (Lipinski definition) is 1. The van der Waals surface area contributed by atoms with E-state index in [9.17, 15) is 0 Å². The number of piperidine rings is 1. The normalized spacial score (nSPS) is 18.1. The Balaban J connectivity index is 2.05. The molecule has 1 aliphatic rings. The van der Waals surface area contributed by atoms with Crippen LogP contribution in [0.4, 0.5) is 0 Å². The van der Waals surface area contributed by atoms with Gasteiger partial charge >= 0.3 is 0 Å². The van der Waals surface area contributed by atoms with Gasteiger partial charge in [0.25, 0.3) is 0 Å². The molecule has 0 unspecified atom stereocenters. The molecule has 0 N–H and O–H groups in total. The lowest BCUT2D eigenvalue weighted by molar-refractivity contribution is 0.161. The smallest absolute Gasteiger partial charge is 0.120 e. The predicted molar refractivity (Wildman–Crippen MR) is 70.7 cm³/mol. The summed E-state index contributed by atoms with van der Waals surface area (Å²) in [6.45, 7) is 8.58. The van der Waals surface area contributed by atoms with E-state index in [1.165, 1.54) is 5.56 Å². The number of hydrogen-bond donors (Lipinski definition) is 0. The summed E-state index contributed by atoms with van der Waals surface area (Å²) in [7, 11) is 0. The maximum Gasteiger partial charge on any atom is 0.120 e. The molecule has 1 heterocycles. The molecule has 0 aromatic heterocycles. The predicted octanol–water partition coefficient (Wildman–Crippen LogP) is 3.13. The van der Waals surface area contributed by atoms with Crippen molar-refractivity contribution in [2.75, 3.05) is 13.1 Å². The number of benzene rings is 1. The van der Waals surface area contributed by atoms with Crippen molar-refractivity contribution in [1.29, 1.82) is 0 Å². The Morgan fingerprint density at radius 1 is 1.18 bits per heavy atom. The Labute approximate surface area is 104 Å². The standard InChI is InChI=1S/C15H22NO/c1-15(2,3)12-5-4-6-14(11-12)17-13-7-9-16-10-8-13/h4-6,11,13H,7-10H2,1-3H3. The molecule has 1 aromatic carbocycles. The Morgan fingerprint density at radius 2 is 1.88 bits per heavy atom. The summed E-state index contributed by atoms with van der Waals surface area (Å²) >= 11 is 0. The first-order chi connectivity index (χ1) is 8.05. The molecule has 0 saturated carbocycles. The van der Waals surface area contributed by atoms with Gasteiger partial charge in [-0.1, -0.05) is 32.9 Å². The molecule has 2 nitrogen and oxygen atoms in total. The van der Waals surface area contributed by atoms with E-state index in [1.807, 2.05) is 0 Å². The minimum absolute atomic E-state index is 0.182. The fraction of sp³-hybridized carbons (Fsp3) is 0.600. The Hall–Kier alpha value is -1.02. The largest absolute Gasteiger partial charge is 0.490 e. The topological polar surface area (TPSA) is 23.3 Å². The zero-order valence-electron chi connectivity index (χ0n) is 11.1. The van der Waals surface area contributed by atoms with Crippen LogP contribution in [0.25, 0.3) is 0 Å². The van der Waals surface area contributed by atoms with Crippen molar-refractivity contribution < 1.29 is 4.74 Å². The summed E-state index contributed by atoms with van der Waals surface area (Å²) in [4.78, 5) is 0. The highest BCUT2D eigenvalue weighted by Crippen LogP contribution is 2.26. The summed E-state index contributed by atoms with van der Waals surface area (Å²) in [6, 6.07) is 8.49. The molecule has 1 aliphatic heterocycles. The Bertz CT molecular complexity index is 361. The number of nitrogens with zero attached hydrogens (tertiary/aromatic N) is 1. The highest BCUT2D eigenvalue weighted by molar-refractivity contribution is 5.32. The van der Waals surface area contributed by atoms with E-state index < -0.39 is 0 Å². The molecular weight excluding hydrogens is 210 g/mol. The van der Waals surface area contributed by atoms with Crippen molar-refractivity contribution in [3.63, 3.8) is 0 Å². The third kappa shape index (κ3) is 3.47. The summed E-state index contributed by atoms with van der Waals surface area (Å²) < 4.78 is 6.03. The van der Waals surface area contributed by atoms with Crippen molar-refractivity contribution in [3.8, 4) is 5.75 Å². The number of rotatable bonds is 2. The van der Waals surface area contributed by atoms with Crippen LogP contribution < -0.4 is 10.1 Å². The lowest BCUT2D eigenvalue weighted by Crippen LogP contribution is -2.30. The molecule has 0 aliphatic carbocycles. The zero-order chi connectivity index (χ0) is 12.3. The molecular formula is C15H22NO. The first kappa shape index (κ1) is 12.4. The van der Waals surface area contributed by atoms with E-state index in [0.29, 0.717) is 6.10 Å². The summed E-state index contributed by atoms with van der Waals surface area (Å²) in [6.07, 6.45) is 2.46. The maximum atomic E-state index is 6.03. The van der Waals surface area contributed by atoms with Crippen LogP contribution >= 0.6 is 0 Å². The SMILES string of the molecule is CC(C)(C)c1cccc(OC2CC[N]CC2)c1. The second-order valence-electron chi connectivity index (χ2n) is 5.77. The fourth-order valence-electron chi connectivity index (χ4n) is 2.07. The minimum Gasteiger partial charge on any atom is -0.490 e. The van der Waals surface area contributed by atoms with Crippen molar-refractivity contribution >= 4 is 0 Å². The third-order valence-electron chi connectivity index (χ3n) is 3.22. The van der Waals surface area contributed by atoms with E-state index in [1.54, 1.807) is 0 Å². The van der Waals surface area contributed by atoms with Crippen molar-refractivity contribution in [3.05, 3.63) is 29.8 Å². The van der Waals surface area contributed by atoms with Gasteiger partial charge in [-0.05, 0) is 36.0 Å². The van der Waals surface area contributed by atoms with Gasteiger partial charge in [0, 0.05) is 13.1 Å². The van der Waals surface area contributed by atoms with Gasteiger partial charge in [0.1, 0.15) is 11.9 Å². The summed E-state index contributed by atoms with van der Waals surface area (Å²) in [5, 5.41) is 4.35. The second-order valence-corrected chi connectivity index (χ2v) is 5.77. The minimum atomic E-state index is 0.182. The second kappa shape index (κ2) is 5.09. The van der Waals surface area contributed by atoms with Crippen LogP contribution in [0.3, 0.4) is 0 Å². The van der Waals surface area contributed by atoms with Gasteiger partial charge in [-0.25, -0.2) is 5.32 Å². The van der Waals surface area contributed by atoms with Gasteiger partial charge in [-0.3, -0.25) is 0 Å². The molecule has 93 valence electrons. The molecule has 1 radical (unpaired) electrons. The van der Waals surface area contributed by atoms with Crippen LogP contribution in [0.2, 0.25) is 0 Å². The quantitative estimate of drug-likeness (QED) is 0.768. The molecule has 0 amide bonds. The lowest BCUT2D eigenvalue weighted by Gasteiger charge is -2.24. The molecule has 0 spiro atoms. The molecule has 0 atom stereocenters. The molecule has 1 fully saturated rings. The van der Waals surface area contributed by atoms with Gasteiger partial charge in [0.05, 0.1) is 0 Å². The summed E-state index contributed by atoms with van der Waals surface area (Å²) in [5.41, 5.74) is 1.51. The highest BCUT2D eigenvalue weighted by Gasteiger charge is 2.17. The highest BCUT2D eigenvalue weighted by atomic mass is 16.5. The molecule has 1 aromatic rings. The maximum absolute atomic E-state index is 6.03. The molecule has 2 rings (SSSR count). The average Bonchev–Trinajstić information content (AvgIpc) is 2.29. The molecule has 17 heavy (non-hydrogen) atoms. The Morgan fingerprint density at radius 3 is 2.53 bits per heavy atom. The zero-order valence-corrected chi connectivity index (χ0v) is 11.1. The van der Waals surface area contributed by atoms with Gasteiger partial charge in [0.2, 0.25) is 0 Å².